The summed E-state index contributed by atoms with van der Waals surface area (Å²) in [6.07, 6.45) is 6.62. The second-order valence-corrected chi connectivity index (χ2v) is 11.8. The molecule has 6 heteroatoms. The Kier molecular flexibility index (Phi) is 11.6. The molecular weight excluding hydrogens is 596 g/mol. The molecule has 5 rings (SSSR count). The van der Waals surface area contributed by atoms with Crippen LogP contribution >= 0.6 is 0 Å². The SMILES string of the molecule is C/C=C(\C=C/CCO)N(c1ccc(-c2ccc(N(c3ccc(CO)cc3)c3ccc(CO)c(C)c3)cc2)cc1)c1ccc(CO)c(C)c1. The van der Waals surface area contributed by atoms with E-state index >= 15 is 0 Å². The zero-order valence-corrected chi connectivity index (χ0v) is 27.8. The van der Waals surface area contributed by atoms with E-state index in [1.165, 1.54) is 0 Å². The van der Waals surface area contributed by atoms with Gasteiger partial charge in [-0.05, 0) is 133 Å². The number of aliphatic hydroxyl groups excluding tert-OH is 4. The third-order valence-electron chi connectivity index (χ3n) is 8.61. The smallest absolute Gasteiger partial charge is 0.0684 e. The lowest BCUT2D eigenvalue weighted by Crippen LogP contribution is -2.15. The zero-order valence-electron chi connectivity index (χ0n) is 27.8. The van der Waals surface area contributed by atoms with Crippen LogP contribution in [0.1, 0.15) is 41.2 Å². The molecule has 0 amide bonds. The summed E-state index contributed by atoms with van der Waals surface area (Å²) in [5.41, 5.74) is 12.7. The fraction of sp³-hybridized carbons (Fsp3) is 0.190. The van der Waals surface area contributed by atoms with E-state index in [9.17, 15) is 20.4 Å². The van der Waals surface area contributed by atoms with E-state index < -0.39 is 0 Å². The lowest BCUT2D eigenvalue weighted by molar-refractivity contribution is 0.281. The highest BCUT2D eigenvalue weighted by atomic mass is 16.3. The number of aryl methyl sites for hydroxylation is 2. The van der Waals surface area contributed by atoms with Crippen molar-refractivity contribution in [3.05, 3.63) is 161 Å². The molecule has 4 N–H and O–H groups in total. The largest absolute Gasteiger partial charge is 0.396 e. The van der Waals surface area contributed by atoms with Crippen LogP contribution in [-0.2, 0) is 19.8 Å². The third-order valence-corrected chi connectivity index (χ3v) is 8.61. The highest BCUT2D eigenvalue weighted by molar-refractivity contribution is 5.80. The Morgan fingerprint density at radius 2 is 1.04 bits per heavy atom. The fourth-order valence-electron chi connectivity index (χ4n) is 5.82. The van der Waals surface area contributed by atoms with Crippen molar-refractivity contribution in [1.82, 2.24) is 0 Å². The molecule has 0 aliphatic rings. The van der Waals surface area contributed by atoms with Crippen molar-refractivity contribution in [1.29, 1.82) is 0 Å². The minimum atomic E-state index is -0.0120. The summed E-state index contributed by atoms with van der Waals surface area (Å²) in [4.78, 5) is 4.35. The van der Waals surface area contributed by atoms with Gasteiger partial charge in [-0.2, -0.15) is 0 Å². The molecule has 0 saturated heterocycles. The predicted octanol–water partition coefficient (Wildman–Crippen LogP) is 8.90. The van der Waals surface area contributed by atoms with Crippen molar-refractivity contribution in [2.75, 3.05) is 16.4 Å². The van der Waals surface area contributed by atoms with E-state index in [2.05, 4.69) is 76.5 Å². The highest BCUT2D eigenvalue weighted by Crippen LogP contribution is 2.38. The topological polar surface area (TPSA) is 87.4 Å². The molecule has 0 aliphatic carbocycles. The number of rotatable bonds is 13. The Hall–Kier alpha value is -4.98. The number of hydrogen-bond donors (Lipinski definition) is 4. The number of aliphatic hydroxyl groups is 4. The quantitative estimate of drug-likeness (QED) is 0.0962. The van der Waals surface area contributed by atoms with Gasteiger partial charge in [0, 0.05) is 40.7 Å². The van der Waals surface area contributed by atoms with Crippen LogP contribution in [0, 0.1) is 13.8 Å². The summed E-state index contributed by atoms with van der Waals surface area (Å²) in [5.74, 6) is 0. The zero-order chi connectivity index (χ0) is 34.0. The fourth-order valence-corrected chi connectivity index (χ4v) is 5.82. The highest BCUT2D eigenvalue weighted by Gasteiger charge is 2.16. The molecule has 0 spiro atoms. The molecule has 0 bridgehead atoms. The molecule has 5 aromatic rings. The first kappa shape index (κ1) is 34.4. The van der Waals surface area contributed by atoms with Gasteiger partial charge in [-0.15, -0.1) is 0 Å². The Bertz CT molecular complexity index is 1860. The summed E-state index contributed by atoms with van der Waals surface area (Å²) >= 11 is 0. The Morgan fingerprint density at radius 1 is 0.562 bits per heavy atom. The summed E-state index contributed by atoms with van der Waals surface area (Å²) in [6, 6.07) is 37.0. The van der Waals surface area contributed by atoms with E-state index in [4.69, 9.17) is 0 Å². The van der Waals surface area contributed by atoms with E-state index in [1.807, 2.05) is 81.5 Å². The Balaban J connectivity index is 1.48. The molecule has 0 aromatic heterocycles. The van der Waals surface area contributed by atoms with Crippen LogP contribution in [0.25, 0.3) is 11.1 Å². The van der Waals surface area contributed by atoms with Crippen LogP contribution < -0.4 is 9.80 Å². The standard InChI is InChI=1S/C42H44N2O4/c1-4-37(7-5-6-24-45)43(41-22-14-35(28-47)30(2)25-41)39-18-10-33(11-19-39)34-12-20-40(21-13-34)44(38-16-8-32(27-46)9-17-38)42-23-15-36(29-48)31(3)26-42/h4-5,7-23,25-26,45-48H,6,24,27-29H2,1-3H3/b7-5-,37-4+. The van der Waals surface area contributed by atoms with Gasteiger partial charge in [-0.25, -0.2) is 0 Å². The minimum absolute atomic E-state index is 0.00410. The van der Waals surface area contributed by atoms with E-state index in [0.717, 1.165) is 73.1 Å². The van der Waals surface area contributed by atoms with Gasteiger partial charge in [0.2, 0.25) is 0 Å². The van der Waals surface area contributed by atoms with Crippen LogP contribution in [0.15, 0.2) is 133 Å². The first-order chi connectivity index (χ1) is 23.4. The van der Waals surface area contributed by atoms with Crippen LogP contribution in [-0.4, -0.2) is 27.0 Å². The summed E-state index contributed by atoms with van der Waals surface area (Å²) in [6.45, 7) is 6.09. The summed E-state index contributed by atoms with van der Waals surface area (Å²) in [5, 5.41) is 38.4. The van der Waals surface area contributed by atoms with Crippen LogP contribution in [0.4, 0.5) is 28.4 Å². The maximum atomic E-state index is 9.74. The molecule has 0 atom stereocenters. The van der Waals surface area contributed by atoms with Crippen molar-refractivity contribution in [2.45, 2.75) is 47.0 Å². The molecule has 0 heterocycles. The van der Waals surface area contributed by atoms with Gasteiger partial charge in [-0.3, -0.25) is 0 Å². The van der Waals surface area contributed by atoms with Crippen LogP contribution in [0.2, 0.25) is 0 Å². The molecular formula is C42H44N2O4. The van der Waals surface area contributed by atoms with E-state index in [1.54, 1.807) is 0 Å². The van der Waals surface area contributed by atoms with Gasteiger partial charge < -0.3 is 30.2 Å². The molecule has 0 unspecified atom stereocenters. The molecule has 48 heavy (non-hydrogen) atoms. The average molecular weight is 641 g/mol. The molecule has 246 valence electrons. The van der Waals surface area contributed by atoms with Gasteiger partial charge >= 0.3 is 0 Å². The second-order valence-electron chi connectivity index (χ2n) is 11.8. The van der Waals surface area contributed by atoms with Gasteiger partial charge in [0.05, 0.1) is 19.8 Å². The van der Waals surface area contributed by atoms with Crippen LogP contribution in [0.3, 0.4) is 0 Å². The van der Waals surface area contributed by atoms with Gasteiger partial charge in [-0.1, -0.05) is 60.7 Å². The summed E-state index contributed by atoms with van der Waals surface area (Å²) in [7, 11) is 0. The third kappa shape index (κ3) is 7.76. The molecule has 0 saturated carbocycles. The molecule has 0 aliphatic heterocycles. The van der Waals surface area contributed by atoms with E-state index in [0.29, 0.717) is 6.42 Å². The van der Waals surface area contributed by atoms with Gasteiger partial charge in [0.1, 0.15) is 0 Å². The normalized spacial score (nSPS) is 11.7. The number of hydrogen-bond acceptors (Lipinski definition) is 6. The second kappa shape index (κ2) is 16.2. The number of allylic oxidation sites excluding steroid dienone is 2. The lowest BCUT2D eigenvalue weighted by atomic mass is 10.0. The Labute approximate surface area is 283 Å². The van der Waals surface area contributed by atoms with Crippen molar-refractivity contribution in [2.24, 2.45) is 0 Å². The minimum Gasteiger partial charge on any atom is -0.396 e. The molecule has 0 fully saturated rings. The van der Waals surface area contributed by atoms with Gasteiger partial charge in [0.25, 0.3) is 0 Å². The first-order valence-corrected chi connectivity index (χ1v) is 16.3. The van der Waals surface area contributed by atoms with Crippen molar-refractivity contribution >= 4 is 28.4 Å². The lowest BCUT2D eigenvalue weighted by Gasteiger charge is -2.27. The van der Waals surface area contributed by atoms with Gasteiger partial charge in [0.15, 0.2) is 0 Å². The number of anilines is 5. The molecule has 0 radical (unpaired) electrons. The monoisotopic (exact) mass is 640 g/mol. The molecule has 5 aromatic carbocycles. The van der Waals surface area contributed by atoms with Crippen molar-refractivity contribution < 1.29 is 20.4 Å². The number of benzene rings is 5. The first-order valence-electron chi connectivity index (χ1n) is 16.3. The predicted molar refractivity (Wildman–Crippen MR) is 197 cm³/mol. The average Bonchev–Trinajstić information content (AvgIpc) is 3.12. The van der Waals surface area contributed by atoms with Crippen molar-refractivity contribution in [3.63, 3.8) is 0 Å². The summed E-state index contributed by atoms with van der Waals surface area (Å²) < 4.78 is 0. The molecule has 6 nitrogen and oxygen atoms in total. The van der Waals surface area contributed by atoms with Crippen molar-refractivity contribution in [3.8, 4) is 11.1 Å². The maximum Gasteiger partial charge on any atom is 0.0684 e. The van der Waals surface area contributed by atoms with Crippen LogP contribution in [0.5, 0.6) is 0 Å². The maximum absolute atomic E-state index is 9.74. The number of nitrogens with zero attached hydrogens (tertiary/aromatic N) is 2. The Morgan fingerprint density at radius 3 is 1.52 bits per heavy atom. The van der Waals surface area contributed by atoms with E-state index in [-0.39, 0.29) is 26.4 Å².